The third-order valence-electron chi connectivity index (χ3n) is 8.95. The molecule has 0 N–H and O–H groups in total. The molecule has 4 heteroatoms. The van der Waals surface area contributed by atoms with Crippen molar-refractivity contribution < 1.29 is 0 Å². The number of benzene rings is 7. The highest BCUT2D eigenvalue weighted by Gasteiger charge is 2.15. The van der Waals surface area contributed by atoms with E-state index in [2.05, 4.69) is 164 Å². The third kappa shape index (κ3) is 5.69. The molecule has 2 aromatic heterocycles. The first kappa shape index (κ1) is 29.0. The van der Waals surface area contributed by atoms with Gasteiger partial charge in [0.15, 0.2) is 17.5 Å². The monoisotopic (exact) mass is 643 g/mol. The van der Waals surface area contributed by atoms with Gasteiger partial charge in [-0.1, -0.05) is 140 Å². The van der Waals surface area contributed by atoms with Crippen LogP contribution in [0.25, 0.3) is 87.7 Å². The zero-order valence-electron chi connectivity index (χ0n) is 26.5. The number of hydrogen-bond donors (Lipinski definition) is 0. The van der Waals surface area contributed by atoms with Crippen molar-refractivity contribution in [1.29, 1.82) is 0 Å². The fourth-order valence-corrected chi connectivity index (χ4v) is 7.47. The maximum atomic E-state index is 5.12. The van der Waals surface area contributed by atoms with E-state index in [0.717, 1.165) is 33.4 Å². The molecule has 49 heavy (non-hydrogen) atoms. The van der Waals surface area contributed by atoms with E-state index < -0.39 is 0 Å². The Kier molecular flexibility index (Phi) is 7.34. The van der Waals surface area contributed by atoms with Crippen LogP contribution in [-0.2, 0) is 0 Å². The Balaban J connectivity index is 1.19. The van der Waals surface area contributed by atoms with Crippen LogP contribution < -0.4 is 0 Å². The highest BCUT2D eigenvalue weighted by Crippen LogP contribution is 2.38. The molecule has 0 atom stereocenters. The van der Waals surface area contributed by atoms with Crippen molar-refractivity contribution in [3.8, 4) is 67.5 Å². The quantitative estimate of drug-likeness (QED) is 0.181. The van der Waals surface area contributed by atoms with Crippen molar-refractivity contribution in [3.05, 3.63) is 176 Å². The molecule has 0 amide bonds. The summed E-state index contributed by atoms with van der Waals surface area (Å²) >= 11 is 1.82. The van der Waals surface area contributed by atoms with E-state index in [0.29, 0.717) is 17.5 Å². The van der Waals surface area contributed by atoms with Crippen LogP contribution in [-0.4, -0.2) is 15.0 Å². The van der Waals surface area contributed by atoms with Gasteiger partial charge in [0, 0.05) is 36.9 Å². The largest absolute Gasteiger partial charge is 0.208 e. The Labute approximate surface area is 288 Å². The van der Waals surface area contributed by atoms with Crippen molar-refractivity contribution in [3.63, 3.8) is 0 Å². The molecule has 9 aromatic rings. The second-order valence-corrected chi connectivity index (χ2v) is 13.2. The SMILES string of the molecule is c1ccc(-c2ccc(-c3nc(-c4cccc(-c5ccccc5)c4)nc(-c4ccc5sc6ccc(-c7ccccc7)cc6c5c4)n3)cc2)cc1. The van der Waals surface area contributed by atoms with E-state index in [1.165, 1.54) is 36.9 Å². The normalized spacial score (nSPS) is 11.3. The number of fused-ring (bicyclic) bond motifs is 3. The molecule has 0 aliphatic heterocycles. The number of hydrogen-bond acceptors (Lipinski definition) is 4. The molecule has 0 aliphatic rings. The van der Waals surface area contributed by atoms with Crippen molar-refractivity contribution in [2.75, 3.05) is 0 Å². The minimum atomic E-state index is 0.645. The van der Waals surface area contributed by atoms with E-state index in [1.54, 1.807) is 0 Å². The smallest absolute Gasteiger partial charge is 0.164 e. The zero-order valence-corrected chi connectivity index (χ0v) is 27.3. The van der Waals surface area contributed by atoms with Crippen LogP contribution in [0.1, 0.15) is 0 Å². The maximum absolute atomic E-state index is 5.12. The van der Waals surface area contributed by atoms with E-state index in [4.69, 9.17) is 15.0 Å². The lowest BCUT2D eigenvalue weighted by Gasteiger charge is -2.10. The van der Waals surface area contributed by atoms with Crippen LogP contribution in [0.3, 0.4) is 0 Å². The average Bonchev–Trinajstić information content (AvgIpc) is 3.56. The van der Waals surface area contributed by atoms with Gasteiger partial charge < -0.3 is 0 Å². The third-order valence-corrected chi connectivity index (χ3v) is 10.1. The average molecular weight is 644 g/mol. The fourth-order valence-electron chi connectivity index (χ4n) is 6.40. The van der Waals surface area contributed by atoms with E-state index in [9.17, 15) is 0 Å². The number of nitrogens with zero attached hydrogens (tertiary/aromatic N) is 3. The molecular formula is C45H29N3S. The summed E-state index contributed by atoms with van der Waals surface area (Å²) in [6.07, 6.45) is 0. The minimum absolute atomic E-state index is 0.645. The summed E-state index contributed by atoms with van der Waals surface area (Å²) in [4.78, 5) is 15.3. The number of aromatic nitrogens is 3. The lowest BCUT2D eigenvalue weighted by Crippen LogP contribution is -2.00. The topological polar surface area (TPSA) is 38.7 Å². The summed E-state index contributed by atoms with van der Waals surface area (Å²) < 4.78 is 2.51. The van der Waals surface area contributed by atoms with Gasteiger partial charge in [0.1, 0.15) is 0 Å². The van der Waals surface area contributed by atoms with E-state index >= 15 is 0 Å². The molecule has 0 radical (unpaired) electrons. The van der Waals surface area contributed by atoms with Gasteiger partial charge in [0.2, 0.25) is 0 Å². The lowest BCUT2D eigenvalue weighted by atomic mass is 10.0. The first-order valence-electron chi connectivity index (χ1n) is 16.4. The van der Waals surface area contributed by atoms with Gasteiger partial charge in [-0.25, -0.2) is 15.0 Å². The molecule has 7 aromatic carbocycles. The Morgan fingerprint density at radius 1 is 0.265 bits per heavy atom. The summed E-state index contributed by atoms with van der Waals surface area (Å²) in [7, 11) is 0. The Morgan fingerprint density at radius 2 is 0.612 bits per heavy atom. The summed E-state index contributed by atoms with van der Waals surface area (Å²) in [5, 5.41) is 2.45. The first-order chi connectivity index (χ1) is 24.2. The summed E-state index contributed by atoms with van der Waals surface area (Å²) in [6, 6.07) is 61.6. The van der Waals surface area contributed by atoms with E-state index in [-0.39, 0.29) is 0 Å². The van der Waals surface area contributed by atoms with Crippen molar-refractivity contribution in [2.45, 2.75) is 0 Å². The van der Waals surface area contributed by atoms with Gasteiger partial charge in [0.05, 0.1) is 0 Å². The molecule has 0 spiro atoms. The van der Waals surface area contributed by atoms with Gasteiger partial charge in [-0.05, 0) is 69.8 Å². The first-order valence-corrected chi connectivity index (χ1v) is 17.2. The van der Waals surface area contributed by atoms with Crippen LogP contribution in [0.4, 0.5) is 0 Å². The second-order valence-electron chi connectivity index (χ2n) is 12.1. The van der Waals surface area contributed by atoms with Gasteiger partial charge in [0.25, 0.3) is 0 Å². The fraction of sp³-hybridized carbons (Fsp3) is 0. The highest BCUT2D eigenvalue weighted by molar-refractivity contribution is 7.25. The Hall–Kier alpha value is -6.23. The number of rotatable bonds is 6. The molecule has 9 rings (SSSR count). The lowest BCUT2D eigenvalue weighted by molar-refractivity contribution is 1.07. The molecule has 230 valence electrons. The molecule has 2 heterocycles. The van der Waals surface area contributed by atoms with Gasteiger partial charge in [-0.3, -0.25) is 0 Å². The Morgan fingerprint density at radius 3 is 1.18 bits per heavy atom. The summed E-state index contributed by atoms with van der Waals surface area (Å²) in [6.45, 7) is 0. The summed E-state index contributed by atoms with van der Waals surface area (Å²) in [5.74, 6) is 1.94. The molecule has 0 aliphatic carbocycles. The van der Waals surface area contributed by atoms with Crippen molar-refractivity contribution in [2.24, 2.45) is 0 Å². The van der Waals surface area contributed by atoms with Gasteiger partial charge in [-0.15, -0.1) is 11.3 Å². The van der Waals surface area contributed by atoms with Crippen LogP contribution in [0, 0.1) is 0 Å². The van der Waals surface area contributed by atoms with Crippen LogP contribution in [0.15, 0.2) is 176 Å². The minimum Gasteiger partial charge on any atom is -0.208 e. The molecule has 0 fully saturated rings. The molecule has 0 saturated heterocycles. The predicted molar refractivity (Wildman–Crippen MR) is 205 cm³/mol. The zero-order chi connectivity index (χ0) is 32.6. The molecular weight excluding hydrogens is 615 g/mol. The van der Waals surface area contributed by atoms with Gasteiger partial charge in [-0.2, -0.15) is 0 Å². The van der Waals surface area contributed by atoms with Crippen LogP contribution in [0.5, 0.6) is 0 Å². The van der Waals surface area contributed by atoms with Crippen molar-refractivity contribution >= 4 is 31.5 Å². The predicted octanol–water partition coefficient (Wildman–Crippen LogP) is 12.2. The molecule has 0 saturated carbocycles. The second kappa shape index (κ2) is 12.4. The number of thiophene rings is 1. The Bertz CT molecular complexity index is 2580. The molecule has 3 nitrogen and oxygen atoms in total. The molecule has 0 bridgehead atoms. The van der Waals surface area contributed by atoms with Gasteiger partial charge >= 0.3 is 0 Å². The maximum Gasteiger partial charge on any atom is 0.164 e. The standard InChI is InChI=1S/C45H29N3S/c1-4-11-30(12-5-1)33-19-21-34(22-20-33)43-46-44(37-18-10-17-35(27-37)31-13-6-2-7-14-31)48-45(47-43)38-24-26-42-40(29-38)39-28-36(23-25-41(39)49-42)32-15-8-3-9-16-32/h1-29H. The molecule has 0 unspecified atom stereocenters. The van der Waals surface area contributed by atoms with Crippen LogP contribution >= 0.6 is 11.3 Å². The summed E-state index contributed by atoms with van der Waals surface area (Å²) in [5.41, 5.74) is 9.87. The van der Waals surface area contributed by atoms with Crippen molar-refractivity contribution in [1.82, 2.24) is 15.0 Å². The van der Waals surface area contributed by atoms with Crippen LogP contribution in [0.2, 0.25) is 0 Å². The highest BCUT2D eigenvalue weighted by atomic mass is 32.1. The van der Waals surface area contributed by atoms with E-state index in [1.807, 2.05) is 23.5 Å².